The first kappa shape index (κ1) is 13.8. The van der Waals surface area contributed by atoms with E-state index in [1.54, 1.807) is 17.0 Å². The molecule has 2 aromatic rings. The number of benzene rings is 2. The van der Waals surface area contributed by atoms with E-state index >= 15 is 0 Å². The van der Waals surface area contributed by atoms with Gasteiger partial charge in [-0.3, -0.25) is 14.9 Å². The Bertz CT molecular complexity index is 760. The van der Waals surface area contributed by atoms with Crippen molar-refractivity contribution in [1.29, 1.82) is 0 Å². The summed E-state index contributed by atoms with van der Waals surface area (Å²) in [6.45, 7) is 1.93. The topological polar surface area (TPSA) is 63.5 Å². The van der Waals surface area contributed by atoms with Crippen molar-refractivity contribution in [1.82, 2.24) is 0 Å². The molecule has 1 amide bonds. The molecule has 1 unspecified atom stereocenters. The van der Waals surface area contributed by atoms with Crippen molar-refractivity contribution >= 4 is 39.7 Å². The van der Waals surface area contributed by atoms with E-state index in [1.165, 1.54) is 13.0 Å². The highest BCUT2D eigenvalue weighted by atomic mass is 35.5. The van der Waals surface area contributed by atoms with E-state index in [1.807, 2.05) is 12.1 Å². The standard InChI is InChI=1S/C15H13ClN2O3/c1-9(19)17-8-10(7-16)15-12-5-3-2-4-11(12)13(18(20)21)6-14(15)17/h2-6,10H,7-8H2,1H3. The molecule has 1 aliphatic rings. The number of nitro groups is 1. The van der Waals surface area contributed by atoms with Crippen LogP contribution in [0, 0.1) is 10.1 Å². The molecule has 0 radical (unpaired) electrons. The van der Waals surface area contributed by atoms with E-state index in [9.17, 15) is 14.9 Å². The summed E-state index contributed by atoms with van der Waals surface area (Å²) < 4.78 is 0. The zero-order valence-corrected chi connectivity index (χ0v) is 12.1. The Hall–Kier alpha value is -2.14. The number of fused-ring (bicyclic) bond motifs is 3. The number of halogens is 1. The highest BCUT2D eigenvalue weighted by Gasteiger charge is 2.34. The van der Waals surface area contributed by atoms with E-state index in [4.69, 9.17) is 11.6 Å². The summed E-state index contributed by atoms with van der Waals surface area (Å²) in [5.74, 6) is 0.239. The molecule has 2 aromatic carbocycles. The lowest BCUT2D eigenvalue weighted by Crippen LogP contribution is -2.27. The van der Waals surface area contributed by atoms with Gasteiger partial charge in [0, 0.05) is 31.3 Å². The van der Waals surface area contributed by atoms with Crippen molar-refractivity contribution in [3.63, 3.8) is 0 Å². The Morgan fingerprint density at radius 3 is 2.67 bits per heavy atom. The van der Waals surface area contributed by atoms with Crippen LogP contribution in [-0.2, 0) is 4.79 Å². The van der Waals surface area contributed by atoms with Crippen molar-refractivity contribution in [2.24, 2.45) is 0 Å². The largest absolute Gasteiger partial charge is 0.311 e. The third-order valence-corrected chi connectivity index (χ3v) is 4.28. The number of anilines is 1. The van der Waals surface area contributed by atoms with Crippen LogP contribution in [0.1, 0.15) is 18.4 Å². The zero-order chi connectivity index (χ0) is 15.1. The minimum Gasteiger partial charge on any atom is -0.311 e. The van der Waals surface area contributed by atoms with E-state index in [0.717, 1.165) is 10.9 Å². The van der Waals surface area contributed by atoms with Crippen molar-refractivity contribution in [2.75, 3.05) is 17.3 Å². The minimum absolute atomic E-state index is 0.00345. The molecule has 5 nitrogen and oxygen atoms in total. The zero-order valence-electron chi connectivity index (χ0n) is 11.4. The second kappa shape index (κ2) is 5.00. The maximum absolute atomic E-state index is 11.8. The number of amides is 1. The molecule has 0 bridgehead atoms. The molecular weight excluding hydrogens is 292 g/mol. The van der Waals surface area contributed by atoms with Crippen LogP contribution in [-0.4, -0.2) is 23.3 Å². The summed E-state index contributed by atoms with van der Waals surface area (Å²) in [6, 6.07) is 8.69. The fraction of sp³-hybridized carbons (Fsp3) is 0.267. The molecule has 6 heteroatoms. The number of carbonyl (C=O) groups is 1. The third kappa shape index (κ3) is 2.05. The number of carbonyl (C=O) groups excluding carboxylic acids is 1. The summed E-state index contributed by atoms with van der Waals surface area (Å²) >= 11 is 6.04. The lowest BCUT2D eigenvalue weighted by Gasteiger charge is -2.15. The monoisotopic (exact) mass is 304 g/mol. The first-order valence-corrected chi connectivity index (χ1v) is 7.12. The van der Waals surface area contributed by atoms with E-state index < -0.39 is 4.92 Å². The second-order valence-electron chi connectivity index (χ2n) is 5.11. The summed E-state index contributed by atoms with van der Waals surface area (Å²) in [4.78, 5) is 24.3. The molecular formula is C15H13ClN2O3. The summed E-state index contributed by atoms with van der Waals surface area (Å²) in [5.41, 5.74) is 1.56. The van der Waals surface area contributed by atoms with Crippen LogP contribution in [0.3, 0.4) is 0 Å². The lowest BCUT2D eigenvalue weighted by atomic mass is 9.95. The second-order valence-corrected chi connectivity index (χ2v) is 5.42. The van der Waals surface area contributed by atoms with Gasteiger partial charge in [-0.15, -0.1) is 11.6 Å². The average Bonchev–Trinajstić information content (AvgIpc) is 2.85. The molecule has 0 fully saturated rings. The fourth-order valence-corrected chi connectivity index (χ4v) is 3.25. The van der Waals surface area contributed by atoms with Crippen molar-refractivity contribution < 1.29 is 9.72 Å². The van der Waals surface area contributed by atoms with Gasteiger partial charge in [0.05, 0.1) is 16.0 Å². The van der Waals surface area contributed by atoms with Crippen LogP contribution in [0.4, 0.5) is 11.4 Å². The fourth-order valence-electron chi connectivity index (χ4n) is 3.00. The molecule has 1 atom stereocenters. The first-order valence-electron chi connectivity index (χ1n) is 6.58. The number of rotatable bonds is 2. The first-order chi connectivity index (χ1) is 10.0. The SMILES string of the molecule is CC(=O)N1CC(CCl)c2c1cc([N+](=O)[O-])c1ccccc21. The van der Waals surface area contributed by atoms with Crippen molar-refractivity contribution in [3.05, 3.63) is 46.0 Å². The summed E-state index contributed by atoms with van der Waals surface area (Å²) in [5, 5.41) is 12.7. The average molecular weight is 305 g/mol. The molecule has 21 heavy (non-hydrogen) atoms. The maximum atomic E-state index is 11.8. The van der Waals surface area contributed by atoms with Crippen molar-refractivity contribution in [2.45, 2.75) is 12.8 Å². The normalized spacial score (nSPS) is 17.0. The molecule has 1 heterocycles. The van der Waals surface area contributed by atoms with Gasteiger partial charge in [-0.1, -0.05) is 18.2 Å². The van der Waals surface area contributed by atoms with Gasteiger partial charge in [0.15, 0.2) is 0 Å². The van der Waals surface area contributed by atoms with Gasteiger partial charge in [0.25, 0.3) is 5.69 Å². The van der Waals surface area contributed by atoms with Gasteiger partial charge in [0.1, 0.15) is 0 Å². The number of hydrogen-bond acceptors (Lipinski definition) is 3. The van der Waals surface area contributed by atoms with Crippen LogP contribution in [0.2, 0.25) is 0 Å². The van der Waals surface area contributed by atoms with Crippen LogP contribution in [0.25, 0.3) is 10.8 Å². The molecule has 108 valence electrons. The lowest BCUT2D eigenvalue weighted by molar-refractivity contribution is -0.383. The van der Waals surface area contributed by atoms with E-state index in [0.29, 0.717) is 23.5 Å². The number of hydrogen-bond donors (Lipinski definition) is 0. The van der Waals surface area contributed by atoms with Gasteiger partial charge < -0.3 is 4.90 Å². The minimum atomic E-state index is -0.408. The number of non-ortho nitro benzene ring substituents is 1. The number of nitro benzene ring substituents is 1. The Morgan fingerprint density at radius 2 is 2.10 bits per heavy atom. The Morgan fingerprint density at radius 1 is 1.43 bits per heavy atom. The van der Waals surface area contributed by atoms with Crippen LogP contribution in [0.15, 0.2) is 30.3 Å². The van der Waals surface area contributed by atoms with Gasteiger partial charge in [-0.25, -0.2) is 0 Å². The van der Waals surface area contributed by atoms with Gasteiger partial charge >= 0.3 is 0 Å². The summed E-state index contributed by atoms with van der Waals surface area (Å²) in [6.07, 6.45) is 0. The molecule has 0 aliphatic carbocycles. The predicted octanol–water partition coefficient (Wildman–Crippen LogP) is 3.44. The van der Waals surface area contributed by atoms with Crippen LogP contribution >= 0.6 is 11.6 Å². The Kier molecular flexibility index (Phi) is 3.29. The number of alkyl halides is 1. The van der Waals surface area contributed by atoms with Gasteiger partial charge in [-0.05, 0) is 17.0 Å². The Balaban J connectivity index is 2.39. The molecule has 1 aliphatic heterocycles. The quantitative estimate of drug-likeness (QED) is 0.485. The predicted molar refractivity (Wildman–Crippen MR) is 82.1 cm³/mol. The molecule has 0 saturated carbocycles. The van der Waals surface area contributed by atoms with E-state index in [2.05, 4.69) is 0 Å². The highest BCUT2D eigenvalue weighted by molar-refractivity contribution is 6.19. The highest BCUT2D eigenvalue weighted by Crippen LogP contribution is 2.45. The molecule has 3 rings (SSSR count). The smallest absolute Gasteiger partial charge is 0.279 e. The molecule has 0 saturated heterocycles. The molecule has 0 spiro atoms. The van der Waals surface area contributed by atoms with Crippen LogP contribution < -0.4 is 4.90 Å². The van der Waals surface area contributed by atoms with E-state index in [-0.39, 0.29) is 17.5 Å². The molecule has 0 aromatic heterocycles. The molecule has 0 N–H and O–H groups in total. The summed E-state index contributed by atoms with van der Waals surface area (Å²) in [7, 11) is 0. The van der Waals surface area contributed by atoms with Crippen molar-refractivity contribution in [3.8, 4) is 0 Å². The Labute approximate surface area is 126 Å². The van der Waals surface area contributed by atoms with Gasteiger partial charge in [-0.2, -0.15) is 0 Å². The van der Waals surface area contributed by atoms with Gasteiger partial charge in [0.2, 0.25) is 5.91 Å². The van der Waals surface area contributed by atoms with Crippen LogP contribution in [0.5, 0.6) is 0 Å². The maximum Gasteiger partial charge on any atom is 0.279 e. The third-order valence-electron chi connectivity index (χ3n) is 3.91. The number of nitrogens with zero attached hydrogens (tertiary/aromatic N) is 2.